The van der Waals surface area contributed by atoms with E-state index in [2.05, 4.69) is 55.2 Å². The molecular weight excluding hydrogens is 456 g/mol. The summed E-state index contributed by atoms with van der Waals surface area (Å²) in [6, 6.07) is 11.1. The van der Waals surface area contributed by atoms with Gasteiger partial charge in [-0.1, -0.05) is 47.3 Å². The molecule has 1 saturated heterocycles. The molecule has 35 heavy (non-hydrogen) atoms. The quantitative estimate of drug-likeness (QED) is 0.273. The van der Waals surface area contributed by atoms with Crippen molar-refractivity contribution in [3.8, 4) is 16.9 Å². The smallest absolute Gasteiger partial charge is 0.138 e. The minimum atomic E-state index is 0.513. The molecule has 1 fully saturated rings. The number of nitrogens with one attached hydrogen (secondary N) is 1. The van der Waals surface area contributed by atoms with Crippen LogP contribution in [0.3, 0.4) is 0 Å². The van der Waals surface area contributed by atoms with Gasteiger partial charge >= 0.3 is 0 Å². The fraction of sp³-hybridized carbons (Fsp3) is 0.379. The van der Waals surface area contributed by atoms with Gasteiger partial charge in [-0.15, -0.1) is 0 Å². The molecule has 2 aromatic carbocycles. The van der Waals surface area contributed by atoms with Gasteiger partial charge in [0.05, 0.1) is 17.1 Å². The van der Waals surface area contributed by atoms with E-state index in [-0.39, 0.29) is 0 Å². The molecule has 0 amide bonds. The Balaban J connectivity index is 1.80. The second kappa shape index (κ2) is 11.2. The maximum atomic E-state index is 6.69. The molecule has 5 nitrogen and oxygen atoms in total. The fourth-order valence-corrected chi connectivity index (χ4v) is 5.15. The standard InChI is InChI=1S/C29H35ClN4O/c1-19-12-20(2)14-22(13-19)26-17-33-28-16-27(30)24(21(3)18-34(5)31-4)15-25(28)29(26)35-11-9-23-8-6-7-10-32-23/h12-18,23,32H,4,6-11H2,1-3,5H3/b21-18+/t23-/m1/s1. The van der Waals surface area contributed by atoms with Crippen LogP contribution in [0.15, 0.2) is 47.8 Å². The van der Waals surface area contributed by atoms with Crippen molar-refractivity contribution in [1.82, 2.24) is 15.3 Å². The third-order valence-corrected chi connectivity index (χ3v) is 6.91. The molecule has 1 atom stereocenters. The summed E-state index contributed by atoms with van der Waals surface area (Å²) in [7, 11) is 1.85. The van der Waals surface area contributed by atoms with Gasteiger partial charge in [-0.25, -0.2) is 0 Å². The van der Waals surface area contributed by atoms with Crippen molar-refractivity contribution in [2.24, 2.45) is 5.10 Å². The van der Waals surface area contributed by atoms with Gasteiger partial charge in [0, 0.05) is 43.2 Å². The molecule has 0 radical (unpaired) electrons. The number of benzene rings is 2. The first kappa shape index (κ1) is 25.2. The molecule has 3 aromatic rings. The molecule has 1 aliphatic heterocycles. The van der Waals surface area contributed by atoms with Gasteiger partial charge in [-0.3, -0.25) is 9.99 Å². The second-order valence-electron chi connectivity index (χ2n) is 9.54. The van der Waals surface area contributed by atoms with Crippen LogP contribution in [0.1, 0.15) is 49.3 Å². The Morgan fingerprint density at radius 3 is 2.69 bits per heavy atom. The highest BCUT2D eigenvalue weighted by molar-refractivity contribution is 6.33. The fourth-order valence-electron chi connectivity index (χ4n) is 4.85. The molecule has 1 N–H and O–H groups in total. The van der Waals surface area contributed by atoms with Crippen LogP contribution in [0.5, 0.6) is 5.75 Å². The average molecular weight is 491 g/mol. The number of piperidine rings is 1. The van der Waals surface area contributed by atoms with E-state index in [0.717, 1.165) is 51.9 Å². The number of nitrogens with zero attached hydrogens (tertiary/aromatic N) is 3. The molecule has 184 valence electrons. The normalized spacial score (nSPS) is 16.4. The molecule has 1 aromatic heterocycles. The van der Waals surface area contributed by atoms with Crippen LogP contribution in [0.4, 0.5) is 0 Å². The summed E-state index contributed by atoms with van der Waals surface area (Å²) in [6.07, 6.45) is 8.56. The van der Waals surface area contributed by atoms with Crippen molar-refractivity contribution in [2.45, 2.75) is 52.5 Å². The number of hydrazone groups is 1. The zero-order valence-corrected chi connectivity index (χ0v) is 22.0. The highest BCUT2D eigenvalue weighted by Crippen LogP contribution is 2.39. The summed E-state index contributed by atoms with van der Waals surface area (Å²) in [5.74, 6) is 0.858. The van der Waals surface area contributed by atoms with Crippen LogP contribution in [-0.4, -0.2) is 43.0 Å². The molecular formula is C29H35ClN4O. The maximum Gasteiger partial charge on any atom is 0.138 e. The number of halogens is 1. The minimum absolute atomic E-state index is 0.513. The number of allylic oxidation sites excluding steroid dienone is 1. The highest BCUT2D eigenvalue weighted by Gasteiger charge is 2.18. The van der Waals surface area contributed by atoms with E-state index in [1.54, 1.807) is 5.01 Å². The lowest BCUT2D eigenvalue weighted by Crippen LogP contribution is -2.35. The summed E-state index contributed by atoms with van der Waals surface area (Å²) in [4.78, 5) is 4.78. The number of fused-ring (bicyclic) bond motifs is 1. The van der Waals surface area contributed by atoms with E-state index in [1.165, 1.54) is 30.4 Å². The molecule has 0 spiro atoms. The number of pyridine rings is 1. The first-order valence-electron chi connectivity index (χ1n) is 12.3. The number of hydrogen-bond acceptors (Lipinski definition) is 5. The van der Waals surface area contributed by atoms with Crippen LogP contribution >= 0.6 is 11.6 Å². The monoisotopic (exact) mass is 490 g/mol. The van der Waals surface area contributed by atoms with Gasteiger partial charge in [0.2, 0.25) is 0 Å². The summed E-state index contributed by atoms with van der Waals surface area (Å²) in [5.41, 5.74) is 7.28. The summed E-state index contributed by atoms with van der Waals surface area (Å²) < 4.78 is 6.58. The number of hydrogen-bond donors (Lipinski definition) is 1. The zero-order chi connectivity index (χ0) is 24.9. The third-order valence-electron chi connectivity index (χ3n) is 6.59. The lowest BCUT2D eigenvalue weighted by molar-refractivity contribution is 0.271. The largest absolute Gasteiger partial charge is 0.492 e. The predicted octanol–water partition coefficient (Wildman–Crippen LogP) is 6.99. The number of ether oxygens (including phenoxy) is 1. The van der Waals surface area contributed by atoms with Gasteiger partial charge in [-0.2, -0.15) is 5.10 Å². The van der Waals surface area contributed by atoms with Crippen molar-refractivity contribution in [3.63, 3.8) is 0 Å². The summed E-state index contributed by atoms with van der Waals surface area (Å²) >= 11 is 6.69. The Labute approximate surface area is 213 Å². The number of aromatic nitrogens is 1. The Bertz CT molecular complexity index is 1230. The van der Waals surface area contributed by atoms with Crippen molar-refractivity contribution < 1.29 is 4.74 Å². The Hall–Kier alpha value is -2.89. The molecule has 0 aliphatic carbocycles. The minimum Gasteiger partial charge on any atom is -0.492 e. The lowest BCUT2D eigenvalue weighted by Gasteiger charge is -2.24. The zero-order valence-electron chi connectivity index (χ0n) is 21.2. The molecule has 6 heteroatoms. The topological polar surface area (TPSA) is 49.8 Å². The van der Waals surface area contributed by atoms with Gasteiger partial charge in [0.1, 0.15) is 5.75 Å². The van der Waals surface area contributed by atoms with Gasteiger partial charge < -0.3 is 10.1 Å². The molecule has 2 heterocycles. The van der Waals surface area contributed by atoms with E-state index in [1.807, 2.05) is 32.4 Å². The van der Waals surface area contributed by atoms with Crippen molar-refractivity contribution >= 4 is 34.8 Å². The molecule has 0 unspecified atom stereocenters. The SMILES string of the molecule is C=NN(C)/C=C(\C)c1cc2c(OCC[C@H]3CCCCN3)c(-c3cc(C)cc(C)c3)cnc2cc1Cl. The van der Waals surface area contributed by atoms with E-state index in [0.29, 0.717) is 17.7 Å². The van der Waals surface area contributed by atoms with Gasteiger partial charge in [0.15, 0.2) is 0 Å². The molecule has 0 saturated carbocycles. The molecule has 0 bridgehead atoms. The van der Waals surface area contributed by atoms with Crippen molar-refractivity contribution in [1.29, 1.82) is 0 Å². The molecule has 1 aliphatic rings. The van der Waals surface area contributed by atoms with Crippen LogP contribution in [-0.2, 0) is 0 Å². The Morgan fingerprint density at radius 2 is 2.00 bits per heavy atom. The predicted molar refractivity (Wildman–Crippen MR) is 148 cm³/mol. The average Bonchev–Trinajstić information content (AvgIpc) is 2.83. The molecule has 4 rings (SSSR count). The number of aryl methyl sites for hydroxylation is 2. The maximum absolute atomic E-state index is 6.69. The lowest BCUT2D eigenvalue weighted by atomic mass is 9.98. The Kier molecular flexibility index (Phi) is 8.09. The van der Waals surface area contributed by atoms with Crippen LogP contribution < -0.4 is 10.1 Å². The van der Waals surface area contributed by atoms with E-state index < -0.39 is 0 Å². The first-order valence-corrected chi connectivity index (χ1v) is 12.7. The van der Waals surface area contributed by atoms with Crippen molar-refractivity contribution in [2.75, 3.05) is 20.2 Å². The Morgan fingerprint density at radius 1 is 1.23 bits per heavy atom. The first-order chi connectivity index (χ1) is 16.9. The highest BCUT2D eigenvalue weighted by atomic mass is 35.5. The van der Waals surface area contributed by atoms with Crippen LogP contribution in [0.25, 0.3) is 27.6 Å². The summed E-state index contributed by atoms with van der Waals surface area (Å²) in [5, 5.41) is 10.8. The second-order valence-corrected chi connectivity index (χ2v) is 9.94. The van der Waals surface area contributed by atoms with Gasteiger partial charge in [-0.05, 0) is 75.4 Å². The van der Waals surface area contributed by atoms with E-state index in [9.17, 15) is 0 Å². The van der Waals surface area contributed by atoms with E-state index in [4.69, 9.17) is 21.3 Å². The van der Waals surface area contributed by atoms with Crippen LogP contribution in [0.2, 0.25) is 5.02 Å². The van der Waals surface area contributed by atoms with Crippen LogP contribution in [0, 0.1) is 13.8 Å². The van der Waals surface area contributed by atoms with Gasteiger partial charge in [0.25, 0.3) is 0 Å². The summed E-state index contributed by atoms with van der Waals surface area (Å²) in [6.45, 7) is 11.6. The third kappa shape index (κ3) is 6.03. The number of rotatable bonds is 8. The van der Waals surface area contributed by atoms with Crippen molar-refractivity contribution in [3.05, 3.63) is 64.4 Å². The van der Waals surface area contributed by atoms with E-state index >= 15 is 0 Å².